The molecule has 0 N–H and O–H groups in total. The van der Waals surface area contributed by atoms with Gasteiger partial charge < -0.3 is 9.80 Å². The lowest BCUT2D eigenvalue weighted by molar-refractivity contribution is -0.131. The lowest BCUT2D eigenvalue weighted by atomic mass is 10.0. The van der Waals surface area contributed by atoms with Gasteiger partial charge in [-0.3, -0.25) is 9.59 Å². The Balaban J connectivity index is 1.52. The molecule has 4 heteroatoms. The first-order valence-electron chi connectivity index (χ1n) is 9.25. The second-order valence-electron chi connectivity index (χ2n) is 7.11. The summed E-state index contributed by atoms with van der Waals surface area (Å²) in [5, 5.41) is 0. The topological polar surface area (TPSA) is 40.6 Å². The number of rotatable bonds is 4. The third-order valence-electron chi connectivity index (χ3n) is 4.94. The molecule has 0 aliphatic carbocycles. The fraction of sp³-hybridized carbons (Fsp3) is 0.364. The second-order valence-corrected chi connectivity index (χ2v) is 7.11. The van der Waals surface area contributed by atoms with Crippen molar-refractivity contribution in [1.29, 1.82) is 0 Å². The van der Waals surface area contributed by atoms with Crippen LogP contribution in [0.5, 0.6) is 0 Å². The van der Waals surface area contributed by atoms with Crippen LogP contribution in [0.15, 0.2) is 54.6 Å². The maximum absolute atomic E-state index is 12.6. The molecule has 1 aliphatic rings. The van der Waals surface area contributed by atoms with E-state index in [1.807, 2.05) is 52.3 Å². The van der Waals surface area contributed by atoms with Gasteiger partial charge in [-0.15, -0.1) is 0 Å². The Labute approximate surface area is 155 Å². The molecule has 26 heavy (non-hydrogen) atoms. The molecule has 2 aromatic carbocycles. The van der Waals surface area contributed by atoms with Crippen LogP contribution < -0.4 is 0 Å². The van der Waals surface area contributed by atoms with Gasteiger partial charge >= 0.3 is 0 Å². The van der Waals surface area contributed by atoms with Crippen molar-refractivity contribution in [3.05, 3.63) is 71.3 Å². The summed E-state index contributed by atoms with van der Waals surface area (Å²) in [4.78, 5) is 28.7. The van der Waals surface area contributed by atoms with Crippen molar-refractivity contribution in [2.24, 2.45) is 0 Å². The molecular weight excluding hydrogens is 324 g/mol. The zero-order chi connectivity index (χ0) is 18.5. The average Bonchev–Trinajstić information content (AvgIpc) is 2.68. The van der Waals surface area contributed by atoms with E-state index in [1.54, 1.807) is 0 Å². The van der Waals surface area contributed by atoms with Crippen LogP contribution >= 0.6 is 0 Å². The zero-order valence-electron chi connectivity index (χ0n) is 15.5. The van der Waals surface area contributed by atoms with Crippen molar-refractivity contribution in [3.63, 3.8) is 0 Å². The normalized spacial score (nSPS) is 14.6. The molecule has 2 amide bonds. The van der Waals surface area contributed by atoms with Crippen molar-refractivity contribution in [2.45, 2.75) is 26.2 Å². The van der Waals surface area contributed by atoms with Crippen LogP contribution in [0.4, 0.5) is 0 Å². The number of nitrogens with zero attached hydrogens (tertiary/aromatic N) is 2. The number of hydrogen-bond acceptors (Lipinski definition) is 2. The van der Waals surface area contributed by atoms with E-state index in [9.17, 15) is 9.59 Å². The minimum absolute atomic E-state index is 0.0435. The smallest absolute Gasteiger partial charge is 0.253 e. The molecule has 0 aromatic heterocycles. The predicted molar refractivity (Wildman–Crippen MR) is 103 cm³/mol. The molecule has 0 radical (unpaired) electrons. The highest BCUT2D eigenvalue weighted by molar-refractivity contribution is 5.94. The van der Waals surface area contributed by atoms with Crippen molar-refractivity contribution in [2.75, 3.05) is 26.2 Å². The van der Waals surface area contributed by atoms with Gasteiger partial charge in [0.25, 0.3) is 5.91 Å². The van der Waals surface area contributed by atoms with Crippen LogP contribution in [0.25, 0.3) is 0 Å². The summed E-state index contributed by atoms with van der Waals surface area (Å²) in [5.41, 5.74) is 3.04. The fourth-order valence-corrected chi connectivity index (χ4v) is 3.23. The molecule has 1 aliphatic heterocycles. The highest BCUT2D eigenvalue weighted by Crippen LogP contribution is 2.16. The number of carbonyl (C=O) groups is 2. The summed E-state index contributed by atoms with van der Waals surface area (Å²) in [6.07, 6.45) is 0.422. The highest BCUT2D eigenvalue weighted by Gasteiger charge is 2.24. The Kier molecular flexibility index (Phi) is 5.71. The molecule has 0 bridgehead atoms. The molecule has 3 rings (SSSR count). The molecule has 1 fully saturated rings. The average molecular weight is 350 g/mol. The third-order valence-corrected chi connectivity index (χ3v) is 4.94. The van der Waals surface area contributed by atoms with E-state index < -0.39 is 0 Å². The Morgan fingerprint density at radius 2 is 1.42 bits per heavy atom. The molecule has 0 atom stereocenters. The van der Waals surface area contributed by atoms with E-state index in [4.69, 9.17) is 0 Å². The van der Waals surface area contributed by atoms with Crippen LogP contribution in [0.1, 0.15) is 41.3 Å². The van der Waals surface area contributed by atoms with E-state index in [-0.39, 0.29) is 11.8 Å². The molecule has 1 saturated heterocycles. The van der Waals surface area contributed by atoms with Crippen molar-refractivity contribution in [1.82, 2.24) is 9.80 Å². The summed E-state index contributed by atoms with van der Waals surface area (Å²) in [6, 6.07) is 17.6. The number of amides is 2. The standard InChI is InChI=1S/C22H26N2O2/c1-17(2)19-10-8-18(9-11-19)16-21(25)23-12-14-24(15-13-23)22(26)20-6-4-3-5-7-20/h3-11,17H,12-16H2,1-2H3. The van der Waals surface area contributed by atoms with Gasteiger partial charge in [0.1, 0.15) is 0 Å². The quantitative estimate of drug-likeness (QED) is 0.848. The predicted octanol–water partition coefficient (Wildman–Crippen LogP) is 3.34. The van der Waals surface area contributed by atoms with E-state index in [0.717, 1.165) is 5.56 Å². The van der Waals surface area contributed by atoms with Crippen LogP contribution in [0.2, 0.25) is 0 Å². The Bertz CT molecular complexity index is 745. The summed E-state index contributed by atoms with van der Waals surface area (Å²) in [7, 11) is 0. The Morgan fingerprint density at radius 1 is 0.846 bits per heavy atom. The molecular formula is C22H26N2O2. The van der Waals surface area contributed by atoms with E-state index in [2.05, 4.69) is 26.0 Å². The van der Waals surface area contributed by atoms with Crippen LogP contribution in [0, 0.1) is 0 Å². The fourth-order valence-electron chi connectivity index (χ4n) is 3.23. The molecule has 0 unspecified atom stereocenters. The van der Waals surface area contributed by atoms with Crippen LogP contribution in [-0.4, -0.2) is 47.8 Å². The lowest BCUT2D eigenvalue weighted by Crippen LogP contribution is -2.51. The molecule has 136 valence electrons. The number of carbonyl (C=O) groups excluding carboxylic acids is 2. The highest BCUT2D eigenvalue weighted by atomic mass is 16.2. The second kappa shape index (κ2) is 8.17. The summed E-state index contributed by atoms with van der Waals surface area (Å²) in [6.45, 7) is 6.70. The minimum atomic E-state index is 0.0435. The first kappa shape index (κ1) is 18.2. The molecule has 0 spiro atoms. The van der Waals surface area contributed by atoms with Gasteiger partial charge in [0.15, 0.2) is 0 Å². The minimum Gasteiger partial charge on any atom is -0.339 e. The zero-order valence-corrected chi connectivity index (χ0v) is 15.5. The third kappa shape index (κ3) is 4.31. The summed E-state index contributed by atoms with van der Waals surface area (Å²) < 4.78 is 0. The molecule has 1 heterocycles. The van der Waals surface area contributed by atoms with Gasteiger partial charge in [0.2, 0.25) is 5.91 Å². The van der Waals surface area contributed by atoms with Gasteiger partial charge in [-0.2, -0.15) is 0 Å². The molecule has 0 saturated carbocycles. The number of hydrogen-bond donors (Lipinski definition) is 0. The van der Waals surface area contributed by atoms with E-state index >= 15 is 0 Å². The first-order chi connectivity index (χ1) is 12.5. The Morgan fingerprint density at radius 3 is 2.00 bits per heavy atom. The lowest BCUT2D eigenvalue weighted by Gasteiger charge is -2.35. The maximum Gasteiger partial charge on any atom is 0.253 e. The molecule has 4 nitrogen and oxygen atoms in total. The van der Waals surface area contributed by atoms with Crippen LogP contribution in [0.3, 0.4) is 0 Å². The van der Waals surface area contributed by atoms with E-state index in [1.165, 1.54) is 5.56 Å². The van der Waals surface area contributed by atoms with Gasteiger partial charge in [-0.05, 0) is 29.2 Å². The monoisotopic (exact) mass is 350 g/mol. The van der Waals surface area contributed by atoms with Crippen molar-refractivity contribution < 1.29 is 9.59 Å². The van der Waals surface area contributed by atoms with Gasteiger partial charge in [-0.1, -0.05) is 56.3 Å². The summed E-state index contributed by atoms with van der Waals surface area (Å²) >= 11 is 0. The van der Waals surface area contributed by atoms with E-state index in [0.29, 0.717) is 44.1 Å². The molecule has 2 aromatic rings. The number of benzene rings is 2. The Hall–Kier alpha value is -2.62. The van der Waals surface area contributed by atoms with Crippen molar-refractivity contribution in [3.8, 4) is 0 Å². The van der Waals surface area contributed by atoms with Crippen molar-refractivity contribution >= 4 is 11.8 Å². The van der Waals surface area contributed by atoms with Gasteiger partial charge in [0, 0.05) is 31.7 Å². The number of piperazine rings is 1. The first-order valence-corrected chi connectivity index (χ1v) is 9.25. The van der Waals surface area contributed by atoms with Gasteiger partial charge in [-0.25, -0.2) is 0 Å². The largest absolute Gasteiger partial charge is 0.339 e. The van der Waals surface area contributed by atoms with Gasteiger partial charge in [0.05, 0.1) is 6.42 Å². The maximum atomic E-state index is 12.6. The SMILES string of the molecule is CC(C)c1ccc(CC(=O)N2CCN(C(=O)c3ccccc3)CC2)cc1. The summed E-state index contributed by atoms with van der Waals surface area (Å²) in [5.74, 6) is 0.672. The van der Waals surface area contributed by atoms with Crippen LogP contribution in [-0.2, 0) is 11.2 Å².